The quantitative estimate of drug-likeness (QED) is 0.294. The molecule has 5 heteroatoms. The lowest BCUT2D eigenvalue weighted by molar-refractivity contribution is -0.137. The van der Waals surface area contributed by atoms with Crippen LogP contribution < -0.4 is 0 Å². The molecule has 0 radical (unpaired) electrons. The summed E-state index contributed by atoms with van der Waals surface area (Å²) in [6.07, 6.45) is 2.03. The van der Waals surface area contributed by atoms with E-state index in [0.29, 0.717) is 6.61 Å². The maximum absolute atomic E-state index is 10.8. The topological polar surface area (TPSA) is 35.5 Å². The van der Waals surface area contributed by atoms with Gasteiger partial charge in [-0.3, -0.25) is 0 Å². The van der Waals surface area contributed by atoms with Gasteiger partial charge >= 0.3 is 5.97 Å². The Morgan fingerprint density at radius 1 is 1.24 bits per heavy atom. The summed E-state index contributed by atoms with van der Waals surface area (Å²) in [5.41, 5.74) is 1.96. The van der Waals surface area contributed by atoms with E-state index in [1.54, 1.807) is 0 Å². The smallest absolute Gasteiger partial charge is 0.330 e. The molecule has 0 spiro atoms. The molecule has 0 saturated heterocycles. The Balaban J connectivity index is 3.97. The van der Waals surface area contributed by atoms with Crippen molar-refractivity contribution in [2.24, 2.45) is 0 Å². The molecule has 0 amide bonds. The predicted molar refractivity (Wildman–Crippen MR) is 76.8 cm³/mol. The van der Waals surface area contributed by atoms with Gasteiger partial charge in [0.15, 0.2) is 16.6 Å². The molecule has 3 nitrogen and oxygen atoms in total. The Kier molecular flexibility index (Phi) is 6.66. The molecule has 0 bridgehead atoms. The van der Waals surface area contributed by atoms with Crippen LogP contribution in [-0.2, 0) is 13.6 Å². The highest BCUT2D eigenvalue weighted by molar-refractivity contribution is 6.87. The molecule has 0 aromatic rings. The van der Waals surface area contributed by atoms with Gasteiger partial charge in [0.1, 0.15) is 0 Å². The molecule has 0 atom stereocenters. The molecule has 17 heavy (non-hydrogen) atoms. The zero-order valence-electron chi connectivity index (χ0n) is 11.4. The predicted octanol–water partition coefficient (Wildman–Crippen LogP) is 3.26. The normalized spacial score (nSPS) is 12.0. The zero-order valence-corrected chi connectivity index (χ0v) is 13.4. The van der Waals surface area contributed by atoms with Crippen LogP contribution in [0.25, 0.3) is 0 Å². The highest BCUT2D eigenvalue weighted by Crippen LogP contribution is 2.20. The zero-order chi connectivity index (χ0) is 13.5. The van der Waals surface area contributed by atoms with Crippen LogP contribution in [0.15, 0.2) is 24.9 Å². The molecule has 0 aliphatic carbocycles. The van der Waals surface area contributed by atoms with Crippen LogP contribution in [0.1, 0.15) is 6.42 Å². The molecule has 98 valence electrons. The second-order valence-corrected chi connectivity index (χ2v) is 13.6. The van der Waals surface area contributed by atoms with Gasteiger partial charge in [-0.2, -0.15) is 0 Å². The van der Waals surface area contributed by atoms with Crippen molar-refractivity contribution in [1.82, 2.24) is 0 Å². The van der Waals surface area contributed by atoms with E-state index < -0.39 is 16.6 Å². The maximum Gasteiger partial charge on any atom is 0.330 e. The van der Waals surface area contributed by atoms with Crippen molar-refractivity contribution in [2.75, 3.05) is 6.61 Å². The molecule has 0 N–H and O–H groups in total. The van der Waals surface area contributed by atoms with Gasteiger partial charge in [-0.1, -0.05) is 12.3 Å². The summed E-state index contributed by atoms with van der Waals surface area (Å²) in [7, 11) is -3.37. The van der Waals surface area contributed by atoms with Crippen LogP contribution in [-0.4, -0.2) is 29.2 Å². The highest BCUT2D eigenvalue weighted by atomic mass is 28.4. The van der Waals surface area contributed by atoms with Gasteiger partial charge in [-0.05, 0) is 38.7 Å². The SMILES string of the molecule is C=CC(=O)OCCC[Si](C)(C)O[Si](C)(C)C=C. The second-order valence-electron chi connectivity index (χ2n) is 5.14. The van der Waals surface area contributed by atoms with E-state index in [1.165, 1.54) is 6.08 Å². The number of hydrogen-bond acceptors (Lipinski definition) is 3. The lowest BCUT2D eigenvalue weighted by atomic mass is 10.5. The van der Waals surface area contributed by atoms with Gasteiger partial charge in [0.05, 0.1) is 6.61 Å². The highest BCUT2D eigenvalue weighted by Gasteiger charge is 2.30. The van der Waals surface area contributed by atoms with E-state index in [-0.39, 0.29) is 5.97 Å². The van der Waals surface area contributed by atoms with Crippen molar-refractivity contribution >= 4 is 22.6 Å². The molecular weight excluding hydrogens is 248 g/mol. The number of esters is 1. The van der Waals surface area contributed by atoms with Crippen LogP contribution in [0, 0.1) is 0 Å². The number of carbonyl (C=O) groups excluding carboxylic acids is 1. The van der Waals surface area contributed by atoms with E-state index in [9.17, 15) is 4.79 Å². The largest absolute Gasteiger partial charge is 0.463 e. The summed E-state index contributed by atoms with van der Waals surface area (Å²) in [5.74, 6) is -0.355. The van der Waals surface area contributed by atoms with Crippen molar-refractivity contribution in [3.63, 3.8) is 0 Å². The Hall–Kier alpha value is -0.656. The van der Waals surface area contributed by atoms with Gasteiger partial charge in [0, 0.05) is 6.08 Å². The molecule has 0 heterocycles. The van der Waals surface area contributed by atoms with Crippen molar-refractivity contribution < 1.29 is 13.6 Å². The fraction of sp³-hybridized carbons (Fsp3) is 0.583. The first-order chi connectivity index (χ1) is 7.72. The van der Waals surface area contributed by atoms with Crippen LogP contribution >= 0.6 is 0 Å². The molecule has 0 aliphatic rings. The van der Waals surface area contributed by atoms with E-state index in [2.05, 4.69) is 39.3 Å². The standard InChI is InChI=1S/C12H24O3Si2/c1-7-12(13)14-10-9-11-17(5,6)15-16(3,4)8-2/h7-8H,1-2,9-11H2,3-6H3. The Labute approximate surface area is 107 Å². The monoisotopic (exact) mass is 272 g/mol. The molecule has 0 aliphatic heterocycles. The molecule has 0 aromatic carbocycles. The lowest BCUT2D eigenvalue weighted by Crippen LogP contribution is -2.43. The molecule has 0 aromatic heterocycles. The fourth-order valence-electron chi connectivity index (χ4n) is 1.53. The Bertz CT molecular complexity index is 285. The minimum absolute atomic E-state index is 0.355. The first-order valence-corrected chi connectivity index (χ1v) is 12.0. The summed E-state index contributed by atoms with van der Waals surface area (Å²) in [4.78, 5) is 10.8. The van der Waals surface area contributed by atoms with Gasteiger partial charge in [-0.15, -0.1) is 6.58 Å². The van der Waals surface area contributed by atoms with Crippen LogP contribution in [0.5, 0.6) is 0 Å². The summed E-state index contributed by atoms with van der Waals surface area (Å²) < 4.78 is 11.2. The van der Waals surface area contributed by atoms with E-state index in [1.807, 2.05) is 5.70 Å². The van der Waals surface area contributed by atoms with Crippen LogP contribution in [0.2, 0.25) is 32.2 Å². The molecular formula is C12H24O3Si2. The van der Waals surface area contributed by atoms with Crippen molar-refractivity contribution in [3.8, 4) is 0 Å². The average molecular weight is 272 g/mol. The summed E-state index contributed by atoms with van der Waals surface area (Å²) >= 11 is 0. The number of carbonyl (C=O) groups is 1. The van der Waals surface area contributed by atoms with Crippen molar-refractivity contribution in [2.45, 2.75) is 38.7 Å². The summed E-state index contributed by atoms with van der Waals surface area (Å²) in [6, 6.07) is 0.988. The van der Waals surface area contributed by atoms with Gasteiger partial charge in [0.25, 0.3) is 0 Å². The van der Waals surface area contributed by atoms with Gasteiger partial charge < -0.3 is 8.85 Å². The first-order valence-electron chi connectivity index (χ1n) is 5.85. The van der Waals surface area contributed by atoms with Crippen molar-refractivity contribution in [1.29, 1.82) is 0 Å². The van der Waals surface area contributed by atoms with Crippen LogP contribution in [0.3, 0.4) is 0 Å². The van der Waals surface area contributed by atoms with Gasteiger partial charge in [-0.25, -0.2) is 4.79 Å². The first kappa shape index (κ1) is 16.3. The van der Waals surface area contributed by atoms with E-state index >= 15 is 0 Å². The third kappa shape index (κ3) is 8.12. The second kappa shape index (κ2) is 6.93. The molecule has 0 rings (SSSR count). The summed E-state index contributed by atoms with van der Waals surface area (Å²) in [6.45, 7) is 16.3. The lowest BCUT2D eigenvalue weighted by Gasteiger charge is -2.31. The van der Waals surface area contributed by atoms with E-state index in [0.717, 1.165) is 12.5 Å². The van der Waals surface area contributed by atoms with Gasteiger partial charge in [0.2, 0.25) is 0 Å². The molecule has 0 fully saturated rings. The van der Waals surface area contributed by atoms with Crippen LogP contribution in [0.4, 0.5) is 0 Å². The van der Waals surface area contributed by atoms with Crippen molar-refractivity contribution in [3.05, 3.63) is 24.9 Å². The maximum atomic E-state index is 10.8. The minimum atomic E-state index is -1.70. The third-order valence-electron chi connectivity index (χ3n) is 2.37. The van der Waals surface area contributed by atoms with E-state index in [4.69, 9.17) is 8.85 Å². The molecule has 0 saturated carbocycles. The number of ether oxygens (including phenoxy) is 1. The average Bonchev–Trinajstić information content (AvgIpc) is 2.22. The fourth-order valence-corrected chi connectivity index (χ4v) is 8.97. The Morgan fingerprint density at radius 2 is 1.82 bits per heavy atom. The summed E-state index contributed by atoms with van der Waals surface area (Å²) in [5, 5.41) is 0. The number of hydrogen-bond donors (Lipinski definition) is 0. The molecule has 0 unspecified atom stereocenters. The third-order valence-corrected chi connectivity index (χ3v) is 9.22. The number of rotatable bonds is 8. The Morgan fingerprint density at radius 3 is 2.29 bits per heavy atom. The minimum Gasteiger partial charge on any atom is -0.463 e.